The van der Waals surface area contributed by atoms with Crippen LogP contribution in [-0.4, -0.2) is 52.7 Å². The molecular formula is C19H22N4O3. The van der Waals surface area contributed by atoms with Crippen molar-refractivity contribution in [3.05, 3.63) is 57.1 Å². The van der Waals surface area contributed by atoms with Crippen molar-refractivity contribution < 1.29 is 9.59 Å². The fourth-order valence-corrected chi connectivity index (χ4v) is 3.25. The first-order valence-corrected chi connectivity index (χ1v) is 8.59. The predicted octanol–water partition coefficient (Wildman–Crippen LogP) is 1.55. The smallest absolute Gasteiger partial charge is 0.261 e. The van der Waals surface area contributed by atoms with Crippen LogP contribution in [0.5, 0.6) is 0 Å². The molecular weight excluding hydrogens is 332 g/mol. The zero-order chi connectivity index (χ0) is 18.8. The fourth-order valence-electron chi connectivity index (χ4n) is 3.25. The van der Waals surface area contributed by atoms with Gasteiger partial charge in [0.2, 0.25) is 0 Å². The van der Waals surface area contributed by atoms with E-state index in [1.165, 1.54) is 13.0 Å². The van der Waals surface area contributed by atoms with Crippen molar-refractivity contribution in [2.75, 3.05) is 31.1 Å². The average molecular weight is 354 g/mol. The summed E-state index contributed by atoms with van der Waals surface area (Å²) in [5.41, 5.74) is 1.50. The van der Waals surface area contributed by atoms with Crippen molar-refractivity contribution in [2.24, 2.45) is 0 Å². The maximum atomic E-state index is 12.8. The van der Waals surface area contributed by atoms with Gasteiger partial charge in [0.1, 0.15) is 11.4 Å². The van der Waals surface area contributed by atoms with Crippen molar-refractivity contribution in [3.8, 4) is 0 Å². The monoisotopic (exact) mass is 354 g/mol. The van der Waals surface area contributed by atoms with E-state index in [2.05, 4.69) is 14.9 Å². The number of carbonyl (C=O) groups excluding carboxylic acids is 2. The number of aromatic amines is 1. The number of rotatable bonds is 3. The van der Waals surface area contributed by atoms with Gasteiger partial charge in [-0.2, -0.15) is 0 Å². The van der Waals surface area contributed by atoms with Gasteiger partial charge < -0.3 is 14.8 Å². The molecule has 0 unspecified atom stereocenters. The number of nitrogens with zero attached hydrogens (tertiary/aromatic N) is 3. The SMILES string of the molecule is CC(=O)c1cc(C(=O)N2CCN(c3ncccc3C)CC2)c(=O)[nH]c1C. The lowest BCUT2D eigenvalue weighted by molar-refractivity contribution is 0.0744. The molecule has 1 fully saturated rings. The molecule has 1 N–H and O–H groups in total. The van der Waals surface area contributed by atoms with E-state index in [4.69, 9.17) is 0 Å². The molecule has 0 bridgehead atoms. The molecule has 0 radical (unpaired) electrons. The van der Waals surface area contributed by atoms with Gasteiger partial charge in [0.25, 0.3) is 11.5 Å². The van der Waals surface area contributed by atoms with E-state index in [9.17, 15) is 14.4 Å². The van der Waals surface area contributed by atoms with Crippen molar-refractivity contribution in [1.82, 2.24) is 14.9 Å². The van der Waals surface area contributed by atoms with E-state index >= 15 is 0 Å². The zero-order valence-corrected chi connectivity index (χ0v) is 15.2. The summed E-state index contributed by atoms with van der Waals surface area (Å²) in [6.07, 6.45) is 1.76. The number of hydrogen-bond donors (Lipinski definition) is 1. The number of nitrogens with one attached hydrogen (secondary N) is 1. The largest absolute Gasteiger partial charge is 0.353 e. The summed E-state index contributed by atoms with van der Waals surface area (Å²) in [6.45, 7) is 7.37. The highest BCUT2D eigenvalue weighted by molar-refractivity contribution is 6.00. The Morgan fingerprint density at radius 2 is 1.81 bits per heavy atom. The number of aryl methyl sites for hydroxylation is 2. The first-order valence-electron chi connectivity index (χ1n) is 8.59. The first-order chi connectivity index (χ1) is 12.4. The number of hydrogen-bond acceptors (Lipinski definition) is 5. The van der Waals surface area contributed by atoms with Crippen LogP contribution in [0.25, 0.3) is 0 Å². The Hall–Kier alpha value is -2.96. The molecule has 1 aliphatic heterocycles. The Balaban J connectivity index is 1.77. The molecule has 1 aliphatic rings. The maximum Gasteiger partial charge on any atom is 0.261 e. The minimum absolute atomic E-state index is 0.0169. The molecule has 0 spiro atoms. The average Bonchev–Trinajstić information content (AvgIpc) is 2.61. The van der Waals surface area contributed by atoms with E-state index in [1.54, 1.807) is 18.0 Å². The Kier molecular flexibility index (Phi) is 4.88. The first kappa shape index (κ1) is 17.8. The number of piperazine rings is 1. The highest BCUT2D eigenvalue weighted by Crippen LogP contribution is 2.18. The second kappa shape index (κ2) is 7.11. The lowest BCUT2D eigenvalue weighted by Gasteiger charge is -2.36. The summed E-state index contributed by atoms with van der Waals surface area (Å²) in [4.78, 5) is 47.5. The molecule has 2 aromatic rings. The lowest BCUT2D eigenvalue weighted by Crippen LogP contribution is -2.50. The number of anilines is 1. The number of ketones is 1. The van der Waals surface area contributed by atoms with Crippen molar-refractivity contribution in [2.45, 2.75) is 20.8 Å². The van der Waals surface area contributed by atoms with Crippen LogP contribution in [0.2, 0.25) is 0 Å². The van der Waals surface area contributed by atoms with Crippen LogP contribution in [-0.2, 0) is 0 Å². The third-order valence-corrected chi connectivity index (χ3v) is 4.70. The molecule has 0 atom stereocenters. The van der Waals surface area contributed by atoms with Crippen molar-refractivity contribution >= 4 is 17.5 Å². The molecule has 1 amide bonds. The van der Waals surface area contributed by atoms with Crippen LogP contribution >= 0.6 is 0 Å². The third kappa shape index (κ3) is 3.37. The van der Waals surface area contributed by atoms with Crippen LogP contribution in [0, 0.1) is 13.8 Å². The Morgan fingerprint density at radius 3 is 2.42 bits per heavy atom. The second-order valence-corrected chi connectivity index (χ2v) is 6.53. The summed E-state index contributed by atoms with van der Waals surface area (Å²) in [7, 11) is 0. The summed E-state index contributed by atoms with van der Waals surface area (Å²) in [6, 6.07) is 5.32. The van der Waals surface area contributed by atoms with Gasteiger partial charge >= 0.3 is 0 Å². The molecule has 3 rings (SSSR count). The van der Waals surface area contributed by atoms with E-state index in [1.807, 2.05) is 19.1 Å². The molecule has 0 aromatic carbocycles. The second-order valence-electron chi connectivity index (χ2n) is 6.53. The predicted molar refractivity (Wildman–Crippen MR) is 98.9 cm³/mol. The highest BCUT2D eigenvalue weighted by Gasteiger charge is 2.26. The molecule has 3 heterocycles. The number of H-pyrrole nitrogens is 1. The molecule has 136 valence electrons. The number of aromatic nitrogens is 2. The summed E-state index contributed by atoms with van der Waals surface area (Å²) in [5.74, 6) is 0.404. The number of pyridine rings is 2. The van der Waals surface area contributed by atoms with Gasteiger partial charge in [-0.3, -0.25) is 14.4 Å². The van der Waals surface area contributed by atoms with Crippen LogP contribution in [0.3, 0.4) is 0 Å². The Labute approximate surface area is 151 Å². The van der Waals surface area contributed by atoms with Crippen LogP contribution in [0.1, 0.15) is 38.9 Å². The van der Waals surface area contributed by atoms with E-state index in [0.717, 1.165) is 11.4 Å². The molecule has 1 saturated heterocycles. The highest BCUT2D eigenvalue weighted by atomic mass is 16.2. The van der Waals surface area contributed by atoms with Crippen LogP contribution in [0.15, 0.2) is 29.2 Å². The standard InChI is InChI=1S/C19H22N4O3/c1-12-5-4-6-20-17(12)22-7-9-23(10-8-22)19(26)16-11-15(14(3)24)13(2)21-18(16)25/h4-6,11H,7-10H2,1-3H3,(H,21,25). The zero-order valence-electron chi connectivity index (χ0n) is 15.2. The van der Waals surface area contributed by atoms with Gasteiger partial charge in [0.15, 0.2) is 5.78 Å². The van der Waals surface area contributed by atoms with Gasteiger partial charge in [-0.15, -0.1) is 0 Å². The molecule has 7 nitrogen and oxygen atoms in total. The van der Waals surface area contributed by atoms with E-state index in [0.29, 0.717) is 37.4 Å². The minimum atomic E-state index is -0.458. The number of amides is 1. The normalized spacial score (nSPS) is 14.4. The third-order valence-electron chi connectivity index (χ3n) is 4.70. The quantitative estimate of drug-likeness (QED) is 0.845. The number of Topliss-reactive ketones (excluding diaryl/α,β-unsaturated/α-hetero) is 1. The van der Waals surface area contributed by atoms with Crippen molar-refractivity contribution in [3.63, 3.8) is 0 Å². The molecule has 0 aliphatic carbocycles. The number of carbonyl (C=O) groups is 2. The van der Waals surface area contributed by atoms with Gasteiger partial charge in [-0.25, -0.2) is 4.98 Å². The maximum absolute atomic E-state index is 12.8. The van der Waals surface area contributed by atoms with Crippen LogP contribution in [0.4, 0.5) is 5.82 Å². The summed E-state index contributed by atoms with van der Waals surface area (Å²) < 4.78 is 0. The Bertz CT molecular complexity index is 911. The van der Waals surface area contributed by atoms with Crippen molar-refractivity contribution in [1.29, 1.82) is 0 Å². The van der Waals surface area contributed by atoms with E-state index < -0.39 is 5.56 Å². The minimum Gasteiger partial charge on any atom is -0.353 e. The van der Waals surface area contributed by atoms with Gasteiger partial charge in [0, 0.05) is 43.6 Å². The molecule has 26 heavy (non-hydrogen) atoms. The lowest BCUT2D eigenvalue weighted by atomic mass is 10.1. The van der Waals surface area contributed by atoms with E-state index in [-0.39, 0.29) is 17.3 Å². The Morgan fingerprint density at radius 1 is 1.12 bits per heavy atom. The molecule has 2 aromatic heterocycles. The molecule has 0 saturated carbocycles. The summed E-state index contributed by atoms with van der Waals surface area (Å²) >= 11 is 0. The van der Waals surface area contributed by atoms with Gasteiger partial charge in [0.05, 0.1) is 0 Å². The van der Waals surface area contributed by atoms with Crippen LogP contribution < -0.4 is 10.5 Å². The molecule has 7 heteroatoms. The van der Waals surface area contributed by atoms with Gasteiger partial charge in [-0.1, -0.05) is 6.07 Å². The topological polar surface area (TPSA) is 86.4 Å². The fraction of sp³-hybridized carbons (Fsp3) is 0.368. The summed E-state index contributed by atoms with van der Waals surface area (Å²) in [5, 5.41) is 0. The van der Waals surface area contributed by atoms with Gasteiger partial charge in [-0.05, 0) is 38.5 Å².